The second-order valence-corrected chi connectivity index (χ2v) is 10.00. The van der Waals surface area contributed by atoms with Crippen LogP contribution in [0, 0.1) is 5.82 Å². The number of fused-ring (bicyclic) bond motifs is 1. The minimum atomic E-state index is -4.27. The standard InChI is InChI=1S/C28H22FN3O4S/c1-36-23-13-14-26-20(15-23)16-27(19-7-3-2-4-8-19)32(26)18-22-10-6-12-25(30-22)28(33)31-37(34,35)24-11-5-9-21(29)17-24/h2-17H,18H2,1H3,(H,31,33). The highest BCUT2D eigenvalue weighted by molar-refractivity contribution is 7.90. The van der Waals surface area contributed by atoms with Gasteiger partial charge in [-0.1, -0.05) is 42.5 Å². The molecule has 5 aromatic rings. The molecular formula is C28H22FN3O4S. The number of aromatic nitrogens is 2. The van der Waals surface area contributed by atoms with E-state index in [0.29, 0.717) is 12.2 Å². The maximum Gasteiger partial charge on any atom is 0.283 e. The normalized spacial score (nSPS) is 11.4. The van der Waals surface area contributed by atoms with Crippen LogP contribution in [0.25, 0.3) is 22.2 Å². The molecule has 0 saturated heterocycles. The molecule has 0 atom stereocenters. The lowest BCUT2D eigenvalue weighted by molar-refractivity contribution is 0.0976. The number of halogens is 1. The van der Waals surface area contributed by atoms with Crippen molar-refractivity contribution in [3.8, 4) is 17.0 Å². The van der Waals surface area contributed by atoms with E-state index >= 15 is 0 Å². The summed E-state index contributed by atoms with van der Waals surface area (Å²) in [6, 6.07) is 27.0. The monoisotopic (exact) mass is 515 g/mol. The highest BCUT2D eigenvalue weighted by atomic mass is 32.2. The molecule has 0 bridgehead atoms. The van der Waals surface area contributed by atoms with Crippen LogP contribution in [0.1, 0.15) is 16.2 Å². The summed E-state index contributed by atoms with van der Waals surface area (Å²) in [6.45, 7) is 0.331. The Morgan fingerprint density at radius 1 is 0.946 bits per heavy atom. The molecule has 0 aliphatic rings. The van der Waals surface area contributed by atoms with Crippen LogP contribution >= 0.6 is 0 Å². The average molecular weight is 516 g/mol. The van der Waals surface area contributed by atoms with Gasteiger partial charge in [0.05, 0.1) is 24.2 Å². The zero-order valence-corrected chi connectivity index (χ0v) is 20.6. The van der Waals surface area contributed by atoms with Gasteiger partial charge in [0.2, 0.25) is 0 Å². The zero-order chi connectivity index (χ0) is 26.0. The first-order chi connectivity index (χ1) is 17.8. The molecule has 1 amide bonds. The minimum absolute atomic E-state index is 0.0723. The summed E-state index contributed by atoms with van der Waals surface area (Å²) in [4.78, 5) is 16.9. The van der Waals surface area contributed by atoms with Gasteiger partial charge in [0.25, 0.3) is 15.9 Å². The summed E-state index contributed by atoms with van der Waals surface area (Å²) in [7, 11) is -2.65. The number of carbonyl (C=O) groups excluding carboxylic acids is 1. The lowest BCUT2D eigenvalue weighted by Gasteiger charge is -2.12. The Labute approximate surface area is 213 Å². The van der Waals surface area contributed by atoms with Crippen molar-refractivity contribution in [2.45, 2.75) is 11.4 Å². The molecule has 5 rings (SSSR count). The summed E-state index contributed by atoms with van der Waals surface area (Å²) in [5.41, 5.74) is 3.39. The number of hydrogen-bond donors (Lipinski definition) is 1. The van der Waals surface area contributed by atoms with Crippen LogP contribution in [0.15, 0.2) is 102 Å². The molecule has 0 radical (unpaired) electrons. The Morgan fingerprint density at radius 2 is 1.73 bits per heavy atom. The zero-order valence-electron chi connectivity index (χ0n) is 19.8. The molecule has 0 spiro atoms. The van der Waals surface area contributed by atoms with Crippen LogP contribution in [0.4, 0.5) is 4.39 Å². The number of pyridine rings is 1. The lowest BCUT2D eigenvalue weighted by atomic mass is 10.1. The van der Waals surface area contributed by atoms with Crippen molar-refractivity contribution in [1.82, 2.24) is 14.3 Å². The number of hydrogen-bond acceptors (Lipinski definition) is 5. The van der Waals surface area contributed by atoms with Gasteiger partial charge in [0, 0.05) is 16.6 Å². The van der Waals surface area contributed by atoms with Crippen LogP contribution in [0.5, 0.6) is 5.75 Å². The van der Waals surface area contributed by atoms with Crippen molar-refractivity contribution >= 4 is 26.8 Å². The molecule has 9 heteroatoms. The third kappa shape index (κ3) is 5.07. The molecule has 0 unspecified atom stereocenters. The van der Waals surface area contributed by atoms with Gasteiger partial charge < -0.3 is 9.30 Å². The predicted molar refractivity (Wildman–Crippen MR) is 138 cm³/mol. The van der Waals surface area contributed by atoms with Crippen molar-refractivity contribution in [1.29, 1.82) is 0 Å². The number of benzene rings is 3. The van der Waals surface area contributed by atoms with E-state index in [9.17, 15) is 17.6 Å². The van der Waals surface area contributed by atoms with Crippen molar-refractivity contribution in [3.05, 3.63) is 114 Å². The van der Waals surface area contributed by atoms with E-state index in [1.165, 1.54) is 18.2 Å². The summed E-state index contributed by atoms with van der Waals surface area (Å²) < 4.78 is 48.1. The number of methoxy groups -OCH3 is 1. The highest BCUT2D eigenvalue weighted by Crippen LogP contribution is 2.31. The maximum absolute atomic E-state index is 13.5. The van der Waals surface area contributed by atoms with E-state index in [1.807, 2.05) is 53.3 Å². The fourth-order valence-electron chi connectivity index (χ4n) is 4.12. The van der Waals surface area contributed by atoms with Crippen LogP contribution in [-0.2, 0) is 16.6 Å². The molecule has 0 fully saturated rings. The molecule has 3 aromatic carbocycles. The number of nitrogens with zero attached hydrogens (tertiary/aromatic N) is 2. The molecule has 1 N–H and O–H groups in total. The molecule has 0 aliphatic carbocycles. The largest absolute Gasteiger partial charge is 0.497 e. The van der Waals surface area contributed by atoms with Crippen LogP contribution < -0.4 is 9.46 Å². The third-order valence-electron chi connectivity index (χ3n) is 5.87. The summed E-state index contributed by atoms with van der Waals surface area (Å²) in [5.74, 6) is -0.890. The predicted octanol–water partition coefficient (Wildman–Crippen LogP) is 5.02. The van der Waals surface area contributed by atoms with Crippen molar-refractivity contribution < 1.29 is 22.3 Å². The van der Waals surface area contributed by atoms with Gasteiger partial charge in [0.1, 0.15) is 17.3 Å². The molecule has 0 aliphatic heterocycles. The highest BCUT2D eigenvalue weighted by Gasteiger charge is 2.21. The molecular weight excluding hydrogens is 493 g/mol. The van der Waals surface area contributed by atoms with E-state index < -0.39 is 21.7 Å². The Hall–Kier alpha value is -4.50. The third-order valence-corrected chi connectivity index (χ3v) is 7.20. The number of ether oxygens (including phenoxy) is 1. The van der Waals surface area contributed by atoms with Crippen LogP contribution in [0.3, 0.4) is 0 Å². The molecule has 186 valence electrons. The van der Waals surface area contributed by atoms with Crippen LogP contribution in [0.2, 0.25) is 0 Å². The molecule has 2 heterocycles. The second-order valence-electron chi connectivity index (χ2n) is 8.31. The first kappa shape index (κ1) is 24.2. The van der Waals surface area contributed by atoms with Gasteiger partial charge in [-0.15, -0.1) is 0 Å². The Balaban J connectivity index is 1.48. The first-order valence-corrected chi connectivity index (χ1v) is 12.8. The van der Waals surface area contributed by atoms with E-state index in [-0.39, 0.29) is 10.6 Å². The van der Waals surface area contributed by atoms with Gasteiger partial charge in [-0.25, -0.2) is 22.5 Å². The van der Waals surface area contributed by atoms with Crippen molar-refractivity contribution in [2.75, 3.05) is 7.11 Å². The van der Waals surface area contributed by atoms with E-state index in [4.69, 9.17) is 4.74 Å². The topological polar surface area (TPSA) is 90.3 Å². The second kappa shape index (κ2) is 9.87. The lowest BCUT2D eigenvalue weighted by Crippen LogP contribution is -2.31. The Morgan fingerprint density at radius 3 is 2.49 bits per heavy atom. The SMILES string of the molecule is COc1ccc2c(c1)cc(-c1ccccc1)n2Cc1cccc(C(=O)NS(=O)(=O)c2cccc(F)c2)n1. The quantitative estimate of drug-likeness (QED) is 0.329. The van der Waals surface area contributed by atoms with Gasteiger partial charge in [-0.3, -0.25) is 4.79 Å². The summed E-state index contributed by atoms with van der Waals surface area (Å²) in [6.07, 6.45) is 0. The first-order valence-electron chi connectivity index (χ1n) is 11.4. The number of sulfonamides is 1. The summed E-state index contributed by atoms with van der Waals surface area (Å²) in [5, 5.41) is 0.980. The maximum atomic E-state index is 13.5. The fraction of sp³-hybridized carbons (Fsp3) is 0.0714. The smallest absolute Gasteiger partial charge is 0.283 e. The molecule has 0 saturated carbocycles. The van der Waals surface area contributed by atoms with Gasteiger partial charge in [0.15, 0.2) is 0 Å². The fourth-order valence-corrected chi connectivity index (χ4v) is 5.11. The van der Waals surface area contributed by atoms with E-state index in [2.05, 4.69) is 15.6 Å². The number of amides is 1. The Bertz CT molecular complexity index is 1720. The number of carbonyl (C=O) groups is 1. The minimum Gasteiger partial charge on any atom is -0.497 e. The van der Waals surface area contributed by atoms with Crippen molar-refractivity contribution in [3.63, 3.8) is 0 Å². The average Bonchev–Trinajstić information content (AvgIpc) is 3.26. The molecule has 37 heavy (non-hydrogen) atoms. The van der Waals surface area contributed by atoms with E-state index in [1.54, 1.807) is 19.2 Å². The van der Waals surface area contributed by atoms with Gasteiger partial charge in [-0.2, -0.15) is 0 Å². The molecule has 2 aromatic heterocycles. The Kier molecular flexibility index (Phi) is 6.45. The number of nitrogens with one attached hydrogen (secondary N) is 1. The molecule has 7 nitrogen and oxygen atoms in total. The van der Waals surface area contributed by atoms with Gasteiger partial charge >= 0.3 is 0 Å². The summed E-state index contributed by atoms with van der Waals surface area (Å²) >= 11 is 0. The number of rotatable bonds is 7. The van der Waals surface area contributed by atoms with E-state index in [0.717, 1.165) is 40.0 Å². The van der Waals surface area contributed by atoms with Crippen molar-refractivity contribution in [2.24, 2.45) is 0 Å². The van der Waals surface area contributed by atoms with Crippen LogP contribution in [-0.4, -0.2) is 31.0 Å². The van der Waals surface area contributed by atoms with Gasteiger partial charge in [-0.05, 0) is 60.2 Å².